The molecule has 0 spiro atoms. The van der Waals surface area contributed by atoms with E-state index in [1.807, 2.05) is 0 Å². The Kier molecular flexibility index (Phi) is 11.2. The van der Waals surface area contributed by atoms with Gasteiger partial charge in [-0.05, 0) is 102 Å². The van der Waals surface area contributed by atoms with Crippen LogP contribution in [0.4, 0.5) is 0 Å². The van der Waals surface area contributed by atoms with Crippen LogP contribution in [0.3, 0.4) is 0 Å². The molecule has 2 aliphatic heterocycles. The molecule has 2 N–H and O–H groups in total. The summed E-state index contributed by atoms with van der Waals surface area (Å²) in [7, 11) is 0. The summed E-state index contributed by atoms with van der Waals surface area (Å²) in [5.41, 5.74) is 2.09. The van der Waals surface area contributed by atoms with Gasteiger partial charge in [-0.2, -0.15) is 0 Å². The highest BCUT2D eigenvalue weighted by Gasteiger charge is 2.31. The first-order valence-corrected chi connectivity index (χ1v) is 15.2. The summed E-state index contributed by atoms with van der Waals surface area (Å²) < 4.78 is 0. The van der Waals surface area contributed by atoms with E-state index in [9.17, 15) is 10.4 Å². The van der Waals surface area contributed by atoms with E-state index in [4.69, 9.17) is 0 Å². The molecule has 0 aromatic carbocycles. The normalized spacial score (nSPS) is 32.2. The van der Waals surface area contributed by atoms with Gasteiger partial charge in [-0.25, -0.2) is 0 Å². The molecule has 2 saturated carbocycles. The van der Waals surface area contributed by atoms with Crippen molar-refractivity contribution in [2.75, 3.05) is 26.2 Å². The lowest BCUT2D eigenvalue weighted by Gasteiger charge is -2.39. The number of hydrogen-bond donors (Lipinski definition) is 2. The second kappa shape index (κ2) is 14.6. The van der Waals surface area contributed by atoms with Gasteiger partial charge in [0.2, 0.25) is 0 Å². The Morgan fingerprint density at radius 2 is 0.943 bits per heavy atom. The van der Waals surface area contributed by atoms with Crippen molar-refractivity contribution in [3.63, 3.8) is 0 Å². The molecule has 2 atom stereocenters. The molecular weight excluding hydrogens is 436 g/mol. The van der Waals surface area contributed by atoms with E-state index in [1.54, 1.807) is 0 Å². The number of oxime groups is 2. The predicted molar refractivity (Wildman–Crippen MR) is 144 cm³/mol. The number of piperidine rings is 2. The maximum absolute atomic E-state index is 9.58. The molecule has 0 radical (unpaired) electrons. The third-order valence-corrected chi connectivity index (χ3v) is 9.75. The first-order chi connectivity index (χ1) is 17.3. The highest BCUT2D eigenvalue weighted by molar-refractivity contribution is 5.89. The maximum Gasteiger partial charge on any atom is 0.0742 e. The molecule has 0 aromatic rings. The molecule has 4 rings (SSSR count). The number of nitrogens with zero attached hydrogens (tertiary/aromatic N) is 4. The Morgan fingerprint density at radius 1 is 0.543 bits per heavy atom. The topological polar surface area (TPSA) is 71.7 Å². The zero-order valence-corrected chi connectivity index (χ0v) is 22.3. The van der Waals surface area contributed by atoms with Gasteiger partial charge in [0, 0.05) is 0 Å². The van der Waals surface area contributed by atoms with Crippen LogP contribution in [0.25, 0.3) is 0 Å². The summed E-state index contributed by atoms with van der Waals surface area (Å²) in [6.07, 6.45) is 23.9. The van der Waals surface area contributed by atoms with E-state index in [2.05, 4.69) is 20.1 Å². The number of hydrogen-bond acceptors (Lipinski definition) is 6. The lowest BCUT2D eigenvalue weighted by molar-refractivity contribution is 0.135. The van der Waals surface area contributed by atoms with Gasteiger partial charge < -0.3 is 10.4 Å². The van der Waals surface area contributed by atoms with Gasteiger partial charge in [0.15, 0.2) is 0 Å². The van der Waals surface area contributed by atoms with Gasteiger partial charge >= 0.3 is 0 Å². The van der Waals surface area contributed by atoms with E-state index in [-0.39, 0.29) is 0 Å². The lowest BCUT2D eigenvalue weighted by atomic mass is 9.85. The molecule has 4 aliphatic rings. The Hall–Kier alpha value is -1.14. The molecule has 0 aromatic heterocycles. The van der Waals surface area contributed by atoms with Gasteiger partial charge in [-0.3, -0.25) is 9.80 Å². The van der Waals surface area contributed by atoms with Crippen LogP contribution in [0.2, 0.25) is 0 Å². The molecule has 2 heterocycles. The van der Waals surface area contributed by atoms with E-state index >= 15 is 0 Å². The van der Waals surface area contributed by atoms with Gasteiger partial charge in [0.05, 0.1) is 23.5 Å². The van der Waals surface area contributed by atoms with Crippen molar-refractivity contribution in [3.8, 4) is 0 Å². The molecule has 35 heavy (non-hydrogen) atoms. The summed E-state index contributed by atoms with van der Waals surface area (Å²) in [6, 6.07) is 0.779. The Balaban J connectivity index is 1.13. The molecule has 2 aliphatic carbocycles. The fourth-order valence-corrected chi connectivity index (χ4v) is 7.48. The van der Waals surface area contributed by atoms with Gasteiger partial charge in [-0.15, -0.1) is 0 Å². The van der Waals surface area contributed by atoms with Crippen LogP contribution >= 0.6 is 0 Å². The van der Waals surface area contributed by atoms with Crippen LogP contribution < -0.4 is 0 Å². The largest absolute Gasteiger partial charge is 0.411 e. The van der Waals surface area contributed by atoms with Crippen molar-refractivity contribution in [1.29, 1.82) is 0 Å². The maximum atomic E-state index is 9.58. The van der Waals surface area contributed by atoms with Crippen LogP contribution in [0.15, 0.2) is 10.3 Å². The average Bonchev–Trinajstić information content (AvgIpc) is 2.86. The summed E-state index contributed by atoms with van der Waals surface area (Å²) in [5, 5.41) is 26.6. The van der Waals surface area contributed by atoms with Crippen molar-refractivity contribution in [2.45, 2.75) is 134 Å². The van der Waals surface area contributed by atoms with Crippen molar-refractivity contribution in [1.82, 2.24) is 9.80 Å². The summed E-state index contributed by atoms with van der Waals surface area (Å²) in [5.74, 6) is 1.76. The van der Waals surface area contributed by atoms with Gasteiger partial charge in [-0.1, -0.05) is 68.1 Å². The Labute approximate surface area is 214 Å². The Morgan fingerprint density at radius 3 is 1.34 bits per heavy atom. The smallest absolute Gasteiger partial charge is 0.0742 e. The first-order valence-electron chi connectivity index (χ1n) is 15.2. The highest BCUT2D eigenvalue weighted by atomic mass is 16.4. The molecule has 4 fully saturated rings. The standard InChI is InChI=1S/C29H52N4O2/c34-30-26-12-5-1-3-7-14-28(26)32-20-16-24(17-21-32)10-9-11-25-18-22-33(23-19-25)29-15-8-4-2-6-13-27(29)31-35/h24-25,28-29,34-35H,1-23H2/b30-26-,31-27-/t28-,29-/m1/s1. The minimum Gasteiger partial charge on any atom is -0.411 e. The van der Waals surface area contributed by atoms with E-state index in [0.29, 0.717) is 12.1 Å². The monoisotopic (exact) mass is 488 g/mol. The minimum absolute atomic E-state index is 0.390. The summed E-state index contributed by atoms with van der Waals surface area (Å²) in [6.45, 7) is 4.73. The van der Waals surface area contributed by atoms with Crippen molar-refractivity contribution in [3.05, 3.63) is 0 Å². The molecule has 200 valence electrons. The second-order valence-electron chi connectivity index (χ2n) is 12.0. The molecule has 0 unspecified atom stereocenters. The second-order valence-corrected chi connectivity index (χ2v) is 12.0. The molecule has 6 nitrogen and oxygen atoms in total. The fraction of sp³-hybridized carbons (Fsp3) is 0.931. The van der Waals surface area contributed by atoms with Crippen molar-refractivity contribution < 1.29 is 10.4 Å². The van der Waals surface area contributed by atoms with Gasteiger partial charge in [0.25, 0.3) is 0 Å². The quantitative estimate of drug-likeness (QED) is 0.323. The van der Waals surface area contributed by atoms with Crippen LogP contribution in [0.5, 0.6) is 0 Å². The first kappa shape index (κ1) is 26.9. The SMILES string of the molecule is O/N=C1/CCCCCC[C@H]1N1CCC(CCCC2CCN([C@@H]3CCCCCC/C3=N/O)CC2)CC1. The molecule has 6 heteroatoms. The third kappa shape index (κ3) is 7.92. The third-order valence-electron chi connectivity index (χ3n) is 9.75. The Bertz CT molecular complexity index is 610. The zero-order valence-electron chi connectivity index (χ0n) is 22.3. The van der Waals surface area contributed by atoms with Crippen LogP contribution in [-0.2, 0) is 0 Å². The van der Waals surface area contributed by atoms with Crippen molar-refractivity contribution >= 4 is 11.4 Å². The zero-order chi connectivity index (χ0) is 24.3. The lowest BCUT2D eigenvalue weighted by Crippen LogP contribution is -2.46. The predicted octanol–water partition coefficient (Wildman–Crippen LogP) is 6.69. The van der Waals surface area contributed by atoms with Crippen LogP contribution in [0, 0.1) is 11.8 Å². The van der Waals surface area contributed by atoms with E-state index in [1.165, 1.54) is 135 Å². The molecule has 0 bridgehead atoms. The van der Waals surface area contributed by atoms with Gasteiger partial charge in [0.1, 0.15) is 0 Å². The van der Waals surface area contributed by atoms with Crippen molar-refractivity contribution in [2.24, 2.45) is 22.1 Å². The molecule has 0 amide bonds. The average molecular weight is 489 g/mol. The highest BCUT2D eigenvalue weighted by Crippen LogP contribution is 2.31. The number of rotatable bonds is 6. The molecule has 2 saturated heterocycles. The summed E-state index contributed by atoms with van der Waals surface area (Å²) in [4.78, 5) is 5.26. The van der Waals surface area contributed by atoms with E-state index in [0.717, 1.165) is 36.1 Å². The minimum atomic E-state index is 0.390. The number of likely N-dealkylation sites (tertiary alicyclic amines) is 2. The summed E-state index contributed by atoms with van der Waals surface area (Å²) >= 11 is 0. The van der Waals surface area contributed by atoms with E-state index < -0.39 is 0 Å². The van der Waals surface area contributed by atoms with Crippen LogP contribution in [0.1, 0.15) is 122 Å². The fourth-order valence-electron chi connectivity index (χ4n) is 7.48. The molecular formula is C29H52N4O2. The van der Waals surface area contributed by atoms with Crippen LogP contribution in [-0.4, -0.2) is 69.9 Å².